The van der Waals surface area contributed by atoms with Crippen molar-refractivity contribution >= 4 is 17.6 Å². The fourth-order valence-corrected chi connectivity index (χ4v) is 1.25. The second-order valence-electron chi connectivity index (χ2n) is 2.95. The van der Waals surface area contributed by atoms with Gasteiger partial charge in [0.15, 0.2) is 0 Å². The van der Waals surface area contributed by atoms with E-state index in [9.17, 15) is 8.78 Å². The Morgan fingerprint density at radius 2 is 1.87 bits per heavy atom. The van der Waals surface area contributed by atoms with Gasteiger partial charge in [-0.15, -0.1) is 0 Å². The fraction of sp³-hybridized carbons (Fsp3) is 0.273. The van der Waals surface area contributed by atoms with Crippen LogP contribution < -0.4 is 0 Å². The second kappa shape index (κ2) is 4.77. The van der Waals surface area contributed by atoms with E-state index in [1.165, 1.54) is 13.3 Å². The molecule has 0 aromatic heterocycles. The van der Waals surface area contributed by atoms with Crippen LogP contribution >= 0.6 is 0 Å². The van der Waals surface area contributed by atoms with Crippen LogP contribution in [0.4, 0.5) is 14.5 Å². The number of hydrogen-bond donors (Lipinski definition) is 0. The zero-order chi connectivity index (χ0) is 11.4. The number of hydrogen-bond acceptors (Lipinski definition) is 2. The van der Waals surface area contributed by atoms with Gasteiger partial charge in [-0.05, 0) is 26.0 Å². The smallest absolute Gasteiger partial charge is 0.149 e. The molecule has 2 nitrogen and oxygen atoms in total. The molecule has 80 valence electrons. The average molecular weight is 210 g/mol. The van der Waals surface area contributed by atoms with Crippen molar-refractivity contribution in [3.05, 3.63) is 29.3 Å². The highest BCUT2D eigenvalue weighted by Crippen LogP contribution is 2.26. The van der Waals surface area contributed by atoms with E-state index in [4.69, 9.17) is 0 Å². The van der Waals surface area contributed by atoms with Crippen molar-refractivity contribution in [2.45, 2.75) is 13.8 Å². The topological polar surface area (TPSA) is 24.7 Å². The summed E-state index contributed by atoms with van der Waals surface area (Å²) in [4.78, 5) is 7.65. The van der Waals surface area contributed by atoms with E-state index in [1.54, 1.807) is 13.8 Å². The van der Waals surface area contributed by atoms with E-state index >= 15 is 0 Å². The van der Waals surface area contributed by atoms with Crippen molar-refractivity contribution < 1.29 is 8.78 Å². The Bertz CT molecular complexity index is 423. The molecular weight excluding hydrogens is 198 g/mol. The predicted octanol–water partition coefficient (Wildman–Crippen LogP) is 3.13. The molecule has 1 aromatic rings. The Kier molecular flexibility index (Phi) is 3.66. The molecule has 0 bridgehead atoms. The molecule has 0 atom stereocenters. The summed E-state index contributed by atoms with van der Waals surface area (Å²) in [5.74, 6) is -1.06. The summed E-state index contributed by atoms with van der Waals surface area (Å²) in [6, 6.07) is 2.14. The average Bonchev–Trinajstić information content (AvgIpc) is 2.23. The maximum absolute atomic E-state index is 13.5. The van der Waals surface area contributed by atoms with Crippen LogP contribution in [-0.2, 0) is 0 Å². The molecule has 4 heteroatoms. The van der Waals surface area contributed by atoms with E-state index in [2.05, 4.69) is 9.98 Å². The van der Waals surface area contributed by atoms with E-state index in [-0.39, 0.29) is 11.3 Å². The van der Waals surface area contributed by atoms with Gasteiger partial charge in [-0.2, -0.15) is 0 Å². The molecular formula is C11H12F2N2. The monoisotopic (exact) mass is 210 g/mol. The molecule has 15 heavy (non-hydrogen) atoms. The summed E-state index contributed by atoms with van der Waals surface area (Å²) in [5, 5.41) is 0. The van der Waals surface area contributed by atoms with Crippen LogP contribution in [0.5, 0.6) is 0 Å². The summed E-state index contributed by atoms with van der Waals surface area (Å²) in [7, 11) is 1.53. The molecule has 0 aliphatic carbocycles. The lowest BCUT2D eigenvalue weighted by molar-refractivity contribution is 0.600. The van der Waals surface area contributed by atoms with Crippen molar-refractivity contribution in [1.29, 1.82) is 0 Å². The SMILES string of the molecule is CC=Nc1c(F)ccc(F)c1C(C)=NC. The minimum Gasteiger partial charge on any atom is -0.293 e. The van der Waals surface area contributed by atoms with Gasteiger partial charge in [-0.3, -0.25) is 9.98 Å². The first-order valence-electron chi connectivity index (χ1n) is 4.52. The van der Waals surface area contributed by atoms with Gasteiger partial charge in [0.25, 0.3) is 0 Å². The molecule has 0 amide bonds. The third-order valence-corrected chi connectivity index (χ3v) is 2.03. The molecule has 0 spiro atoms. The first-order valence-corrected chi connectivity index (χ1v) is 4.52. The largest absolute Gasteiger partial charge is 0.293 e. The molecule has 0 N–H and O–H groups in total. The number of aliphatic imine (C=N–C) groups is 2. The molecule has 0 saturated heterocycles. The summed E-state index contributed by atoms with van der Waals surface area (Å²) in [6.45, 7) is 3.26. The van der Waals surface area contributed by atoms with Crippen molar-refractivity contribution in [3.63, 3.8) is 0 Å². The maximum atomic E-state index is 13.5. The third-order valence-electron chi connectivity index (χ3n) is 2.03. The molecule has 0 fully saturated rings. The molecule has 0 unspecified atom stereocenters. The minimum absolute atomic E-state index is 0.000556. The van der Waals surface area contributed by atoms with Gasteiger partial charge in [-0.1, -0.05) is 0 Å². The third kappa shape index (κ3) is 2.26. The Labute approximate surface area is 87.4 Å². The summed E-state index contributed by atoms with van der Waals surface area (Å²) in [6.07, 6.45) is 1.42. The van der Waals surface area contributed by atoms with Crippen molar-refractivity contribution in [1.82, 2.24) is 0 Å². The predicted molar refractivity (Wildman–Crippen MR) is 58.3 cm³/mol. The lowest BCUT2D eigenvalue weighted by atomic mass is 10.1. The van der Waals surface area contributed by atoms with E-state index in [0.29, 0.717) is 5.71 Å². The van der Waals surface area contributed by atoms with Gasteiger partial charge in [0.05, 0.1) is 5.56 Å². The van der Waals surface area contributed by atoms with Gasteiger partial charge >= 0.3 is 0 Å². The zero-order valence-electron chi connectivity index (χ0n) is 8.88. The van der Waals surface area contributed by atoms with Gasteiger partial charge in [0.1, 0.15) is 17.3 Å². The van der Waals surface area contributed by atoms with Crippen LogP contribution in [0, 0.1) is 11.6 Å². The molecule has 0 radical (unpaired) electrons. The lowest BCUT2D eigenvalue weighted by Gasteiger charge is -2.07. The van der Waals surface area contributed by atoms with Crippen LogP contribution in [0.15, 0.2) is 22.1 Å². The summed E-state index contributed by atoms with van der Waals surface area (Å²) in [5.41, 5.74) is 0.545. The van der Waals surface area contributed by atoms with Crippen LogP contribution in [0.3, 0.4) is 0 Å². The molecule has 1 rings (SSSR count). The van der Waals surface area contributed by atoms with Crippen molar-refractivity contribution in [2.75, 3.05) is 7.05 Å². The normalized spacial score (nSPS) is 12.5. The summed E-state index contributed by atoms with van der Waals surface area (Å²) < 4.78 is 26.8. The van der Waals surface area contributed by atoms with Crippen molar-refractivity contribution in [2.24, 2.45) is 9.98 Å². The van der Waals surface area contributed by atoms with Crippen LogP contribution in [0.1, 0.15) is 19.4 Å². The molecule has 0 saturated carbocycles. The first kappa shape index (κ1) is 11.5. The Morgan fingerprint density at radius 1 is 1.27 bits per heavy atom. The highest BCUT2D eigenvalue weighted by atomic mass is 19.1. The molecule has 0 heterocycles. The highest BCUT2D eigenvalue weighted by molar-refractivity contribution is 6.03. The second-order valence-corrected chi connectivity index (χ2v) is 2.95. The molecule has 0 aliphatic rings. The zero-order valence-corrected chi connectivity index (χ0v) is 8.88. The van der Waals surface area contributed by atoms with Gasteiger partial charge in [-0.25, -0.2) is 8.78 Å². The fourth-order valence-electron chi connectivity index (χ4n) is 1.25. The van der Waals surface area contributed by atoms with Crippen LogP contribution in [0.2, 0.25) is 0 Å². The maximum Gasteiger partial charge on any atom is 0.149 e. The Balaban J connectivity index is 3.52. The van der Waals surface area contributed by atoms with Crippen LogP contribution in [-0.4, -0.2) is 19.0 Å². The van der Waals surface area contributed by atoms with Gasteiger partial charge in [0, 0.05) is 19.0 Å². The Morgan fingerprint density at radius 3 is 2.40 bits per heavy atom. The number of nitrogens with zero attached hydrogens (tertiary/aromatic N) is 2. The number of benzene rings is 1. The highest BCUT2D eigenvalue weighted by Gasteiger charge is 2.14. The van der Waals surface area contributed by atoms with E-state index in [0.717, 1.165) is 12.1 Å². The van der Waals surface area contributed by atoms with Crippen LogP contribution in [0.25, 0.3) is 0 Å². The molecule has 1 aromatic carbocycles. The van der Waals surface area contributed by atoms with Crippen molar-refractivity contribution in [3.8, 4) is 0 Å². The number of halogens is 2. The quantitative estimate of drug-likeness (QED) is 0.670. The summed E-state index contributed by atoms with van der Waals surface area (Å²) >= 11 is 0. The van der Waals surface area contributed by atoms with Gasteiger partial charge in [0.2, 0.25) is 0 Å². The van der Waals surface area contributed by atoms with E-state index in [1.807, 2.05) is 0 Å². The first-order chi connectivity index (χ1) is 7.11. The Hall–Kier alpha value is -1.58. The molecule has 0 aliphatic heterocycles. The van der Waals surface area contributed by atoms with Gasteiger partial charge < -0.3 is 0 Å². The number of rotatable bonds is 2. The standard InChI is InChI=1S/C11H12F2N2/c1-4-15-11-9(13)6-5-8(12)10(11)7(2)14-3/h4-6H,1-3H3. The van der Waals surface area contributed by atoms with E-state index < -0.39 is 11.6 Å². The minimum atomic E-state index is -0.549. The lowest BCUT2D eigenvalue weighted by Crippen LogP contribution is -2.01.